The minimum atomic E-state index is 0.953. The van der Waals surface area contributed by atoms with E-state index in [-0.39, 0.29) is 0 Å². The van der Waals surface area contributed by atoms with E-state index >= 15 is 0 Å². The number of thioether (sulfide) groups is 1. The SMILES string of the molecule is CCSCCNc1cc(C)nc2c(C)c(C)nn12. The summed E-state index contributed by atoms with van der Waals surface area (Å²) < 4.78 is 1.91. The molecule has 0 atom stereocenters. The van der Waals surface area contributed by atoms with Crippen molar-refractivity contribution < 1.29 is 0 Å². The number of nitrogens with zero attached hydrogens (tertiary/aromatic N) is 3. The topological polar surface area (TPSA) is 42.2 Å². The summed E-state index contributed by atoms with van der Waals surface area (Å²) in [6.45, 7) is 9.25. The quantitative estimate of drug-likeness (QED) is 0.843. The Morgan fingerprint density at radius 1 is 1.33 bits per heavy atom. The fourth-order valence-corrected chi connectivity index (χ4v) is 2.41. The summed E-state index contributed by atoms with van der Waals surface area (Å²) in [5.74, 6) is 3.30. The molecule has 18 heavy (non-hydrogen) atoms. The van der Waals surface area contributed by atoms with Crippen LogP contribution in [-0.4, -0.2) is 32.6 Å². The Bertz CT molecular complexity index is 547. The number of nitrogens with one attached hydrogen (secondary N) is 1. The normalized spacial score (nSPS) is 11.1. The minimum absolute atomic E-state index is 0.953. The molecule has 0 fully saturated rings. The van der Waals surface area contributed by atoms with Crippen molar-refractivity contribution in [1.82, 2.24) is 14.6 Å². The maximum absolute atomic E-state index is 4.56. The zero-order chi connectivity index (χ0) is 13.1. The van der Waals surface area contributed by atoms with Gasteiger partial charge >= 0.3 is 0 Å². The number of rotatable bonds is 5. The Kier molecular flexibility index (Phi) is 4.11. The number of hydrogen-bond acceptors (Lipinski definition) is 4. The predicted molar refractivity (Wildman–Crippen MR) is 78.7 cm³/mol. The molecule has 2 rings (SSSR count). The molecule has 2 aromatic rings. The highest BCUT2D eigenvalue weighted by atomic mass is 32.2. The maximum Gasteiger partial charge on any atom is 0.160 e. The van der Waals surface area contributed by atoms with Crippen LogP contribution < -0.4 is 5.32 Å². The number of hydrogen-bond donors (Lipinski definition) is 1. The molecule has 2 heterocycles. The molecular formula is C13H20N4S. The van der Waals surface area contributed by atoms with Crippen LogP contribution in [0.2, 0.25) is 0 Å². The lowest BCUT2D eigenvalue weighted by Gasteiger charge is -2.08. The molecule has 0 amide bonds. The third-order valence-corrected chi connectivity index (χ3v) is 3.84. The van der Waals surface area contributed by atoms with Crippen molar-refractivity contribution in [3.05, 3.63) is 23.0 Å². The molecule has 4 nitrogen and oxygen atoms in total. The molecule has 1 N–H and O–H groups in total. The summed E-state index contributed by atoms with van der Waals surface area (Å²) in [5.41, 5.74) is 4.18. The van der Waals surface area contributed by atoms with Crippen molar-refractivity contribution in [1.29, 1.82) is 0 Å². The Balaban J connectivity index is 2.28. The van der Waals surface area contributed by atoms with Gasteiger partial charge in [0.2, 0.25) is 0 Å². The van der Waals surface area contributed by atoms with Crippen LogP contribution in [0, 0.1) is 20.8 Å². The van der Waals surface area contributed by atoms with E-state index in [9.17, 15) is 0 Å². The Labute approximate surface area is 112 Å². The van der Waals surface area contributed by atoms with Gasteiger partial charge in [-0.25, -0.2) is 4.98 Å². The van der Waals surface area contributed by atoms with Crippen molar-refractivity contribution in [3.63, 3.8) is 0 Å². The van der Waals surface area contributed by atoms with Gasteiger partial charge in [0, 0.05) is 29.6 Å². The third kappa shape index (κ3) is 2.61. The Hall–Kier alpha value is -1.23. The summed E-state index contributed by atoms with van der Waals surface area (Å²) in [4.78, 5) is 4.56. The van der Waals surface area contributed by atoms with E-state index in [1.165, 1.54) is 0 Å². The zero-order valence-corrected chi connectivity index (χ0v) is 12.3. The summed E-state index contributed by atoms with van der Waals surface area (Å²) >= 11 is 1.94. The van der Waals surface area contributed by atoms with Crippen LogP contribution in [-0.2, 0) is 0 Å². The molecule has 0 aliphatic rings. The van der Waals surface area contributed by atoms with Crippen molar-refractivity contribution in [2.24, 2.45) is 0 Å². The molecule has 0 saturated carbocycles. The summed E-state index contributed by atoms with van der Waals surface area (Å²) in [7, 11) is 0. The highest BCUT2D eigenvalue weighted by molar-refractivity contribution is 7.99. The van der Waals surface area contributed by atoms with Crippen LogP contribution in [0.25, 0.3) is 5.65 Å². The molecule has 5 heteroatoms. The van der Waals surface area contributed by atoms with Crippen LogP contribution in [0.15, 0.2) is 6.07 Å². The molecule has 0 aliphatic heterocycles. The molecular weight excluding hydrogens is 244 g/mol. The van der Waals surface area contributed by atoms with Crippen LogP contribution in [0.1, 0.15) is 23.9 Å². The molecule has 0 unspecified atom stereocenters. The van der Waals surface area contributed by atoms with Crippen molar-refractivity contribution in [2.75, 3.05) is 23.4 Å². The molecule has 0 bridgehead atoms. The second-order valence-electron chi connectivity index (χ2n) is 4.35. The van der Waals surface area contributed by atoms with Crippen LogP contribution in [0.5, 0.6) is 0 Å². The van der Waals surface area contributed by atoms with Crippen LogP contribution in [0.4, 0.5) is 5.82 Å². The van der Waals surface area contributed by atoms with E-state index in [1.807, 2.05) is 30.1 Å². The van der Waals surface area contributed by atoms with E-state index in [0.717, 1.165) is 46.5 Å². The van der Waals surface area contributed by atoms with Crippen LogP contribution >= 0.6 is 11.8 Å². The largest absolute Gasteiger partial charge is 0.369 e. The second kappa shape index (κ2) is 5.61. The first kappa shape index (κ1) is 13.2. The average Bonchev–Trinajstić information content (AvgIpc) is 2.62. The smallest absolute Gasteiger partial charge is 0.160 e. The third-order valence-electron chi connectivity index (χ3n) is 2.94. The van der Waals surface area contributed by atoms with Gasteiger partial charge in [0.1, 0.15) is 5.82 Å². The summed E-state index contributed by atoms with van der Waals surface area (Å²) in [5, 5.41) is 7.98. The maximum atomic E-state index is 4.56. The molecule has 0 aromatic carbocycles. The lowest BCUT2D eigenvalue weighted by molar-refractivity contribution is 0.905. The lowest BCUT2D eigenvalue weighted by Crippen LogP contribution is -2.10. The first-order valence-electron chi connectivity index (χ1n) is 6.28. The molecule has 0 radical (unpaired) electrons. The number of aryl methyl sites for hydroxylation is 3. The van der Waals surface area contributed by atoms with Gasteiger partial charge in [0.05, 0.1) is 5.69 Å². The van der Waals surface area contributed by atoms with Gasteiger partial charge in [-0.1, -0.05) is 6.92 Å². The fourth-order valence-electron chi connectivity index (χ4n) is 1.87. The highest BCUT2D eigenvalue weighted by Gasteiger charge is 2.10. The molecule has 0 saturated heterocycles. The molecule has 0 aliphatic carbocycles. The number of aromatic nitrogens is 3. The highest BCUT2D eigenvalue weighted by Crippen LogP contribution is 2.18. The van der Waals surface area contributed by atoms with Gasteiger partial charge in [-0.2, -0.15) is 21.4 Å². The first-order chi connectivity index (χ1) is 8.63. The van der Waals surface area contributed by atoms with Crippen molar-refractivity contribution in [2.45, 2.75) is 27.7 Å². The standard InChI is InChI=1S/C13H20N4S/c1-5-18-7-6-14-12-8-9(2)15-13-10(3)11(4)16-17(12)13/h8,14H,5-7H2,1-4H3. The zero-order valence-electron chi connectivity index (χ0n) is 11.4. The van der Waals surface area contributed by atoms with Gasteiger partial charge < -0.3 is 5.32 Å². The van der Waals surface area contributed by atoms with E-state index in [2.05, 4.69) is 35.3 Å². The van der Waals surface area contributed by atoms with Gasteiger partial charge in [-0.15, -0.1) is 0 Å². The van der Waals surface area contributed by atoms with E-state index < -0.39 is 0 Å². The summed E-state index contributed by atoms with van der Waals surface area (Å²) in [6.07, 6.45) is 0. The van der Waals surface area contributed by atoms with Gasteiger partial charge in [0.15, 0.2) is 5.65 Å². The monoisotopic (exact) mass is 264 g/mol. The fraction of sp³-hybridized carbons (Fsp3) is 0.538. The minimum Gasteiger partial charge on any atom is -0.369 e. The van der Waals surface area contributed by atoms with Gasteiger partial charge in [-0.3, -0.25) is 0 Å². The lowest BCUT2D eigenvalue weighted by atomic mass is 10.3. The van der Waals surface area contributed by atoms with Crippen LogP contribution in [0.3, 0.4) is 0 Å². The van der Waals surface area contributed by atoms with Gasteiger partial charge in [0.25, 0.3) is 0 Å². The number of fused-ring (bicyclic) bond motifs is 1. The van der Waals surface area contributed by atoms with E-state index in [4.69, 9.17) is 0 Å². The average molecular weight is 264 g/mol. The second-order valence-corrected chi connectivity index (χ2v) is 5.75. The predicted octanol–water partition coefficient (Wildman–Crippen LogP) is 2.82. The Morgan fingerprint density at radius 2 is 2.11 bits per heavy atom. The summed E-state index contributed by atoms with van der Waals surface area (Å²) in [6, 6.07) is 2.05. The van der Waals surface area contributed by atoms with Crippen molar-refractivity contribution >= 4 is 23.2 Å². The molecule has 98 valence electrons. The molecule has 0 spiro atoms. The molecule has 2 aromatic heterocycles. The van der Waals surface area contributed by atoms with Crippen molar-refractivity contribution in [3.8, 4) is 0 Å². The first-order valence-corrected chi connectivity index (χ1v) is 7.44. The Morgan fingerprint density at radius 3 is 2.83 bits per heavy atom. The van der Waals surface area contributed by atoms with E-state index in [1.54, 1.807) is 0 Å². The van der Waals surface area contributed by atoms with E-state index in [0.29, 0.717) is 0 Å². The number of anilines is 1. The van der Waals surface area contributed by atoms with Gasteiger partial charge in [-0.05, 0) is 26.5 Å².